The number of H-pyrrole nitrogens is 1. The van der Waals surface area contributed by atoms with E-state index in [1.165, 1.54) is 19.3 Å². The summed E-state index contributed by atoms with van der Waals surface area (Å²) in [5, 5.41) is 24.4. The Morgan fingerprint density at radius 2 is 2.08 bits per heavy atom. The van der Waals surface area contributed by atoms with Crippen molar-refractivity contribution in [2.24, 2.45) is 13.0 Å². The minimum Gasteiger partial charge on any atom is -0.393 e. The standard InChI is InChI=1S/C19H27N5O2/c1-24-11-14(9-21-24)17(13-7-15(25)8-13)22-19(26)16-10-20-23-18(16)12-5-3-2-4-6-12/h9-13,15,17,25H,2-8H2,1H3,(H,20,23)(H,22,26)/t13?,15?,17-/m1/s1. The van der Waals surface area contributed by atoms with Gasteiger partial charge in [-0.25, -0.2) is 0 Å². The highest BCUT2D eigenvalue weighted by Gasteiger charge is 2.37. The molecule has 7 heteroatoms. The van der Waals surface area contributed by atoms with E-state index in [1.54, 1.807) is 17.1 Å². The molecule has 2 aliphatic rings. The van der Waals surface area contributed by atoms with E-state index in [1.807, 2.05) is 13.2 Å². The summed E-state index contributed by atoms with van der Waals surface area (Å²) in [6.45, 7) is 0. The third-order valence-electron chi connectivity index (χ3n) is 5.92. The first kappa shape index (κ1) is 17.3. The number of aryl methyl sites for hydroxylation is 1. The van der Waals surface area contributed by atoms with Crippen molar-refractivity contribution in [2.45, 2.75) is 63.0 Å². The van der Waals surface area contributed by atoms with E-state index in [4.69, 9.17) is 0 Å². The summed E-state index contributed by atoms with van der Waals surface area (Å²) in [7, 11) is 1.87. The van der Waals surface area contributed by atoms with Crippen LogP contribution in [0, 0.1) is 5.92 Å². The summed E-state index contributed by atoms with van der Waals surface area (Å²) in [5.41, 5.74) is 2.62. The Hall–Kier alpha value is -2.15. The van der Waals surface area contributed by atoms with Gasteiger partial charge in [0.15, 0.2) is 0 Å². The van der Waals surface area contributed by atoms with Gasteiger partial charge in [-0.1, -0.05) is 19.3 Å². The average molecular weight is 357 g/mol. The lowest BCUT2D eigenvalue weighted by atomic mass is 9.75. The van der Waals surface area contributed by atoms with Crippen molar-refractivity contribution in [3.63, 3.8) is 0 Å². The zero-order valence-electron chi connectivity index (χ0n) is 15.2. The van der Waals surface area contributed by atoms with E-state index < -0.39 is 0 Å². The van der Waals surface area contributed by atoms with E-state index in [0.717, 1.165) is 24.1 Å². The lowest BCUT2D eigenvalue weighted by Crippen LogP contribution is -2.41. The Bertz CT molecular complexity index is 756. The molecular weight excluding hydrogens is 330 g/mol. The maximum atomic E-state index is 13.0. The number of aliphatic hydroxyl groups excluding tert-OH is 1. The van der Waals surface area contributed by atoms with Crippen LogP contribution in [0.2, 0.25) is 0 Å². The molecule has 0 saturated heterocycles. The fourth-order valence-electron chi connectivity index (χ4n) is 4.37. The Labute approximate surface area is 153 Å². The second kappa shape index (κ2) is 7.23. The summed E-state index contributed by atoms with van der Waals surface area (Å²) in [4.78, 5) is 13.0. The summed E-state index contributed by atoms with van der Waals surface area (Å²) in [5.74, 6) is 0.548. The number of hydrogen-bond donors (Lipinski definition) is 3. The molecule has 2 fully saturated rings. The maximum absolute atomic E-state index is 13.0. The van der Waals surface area contributed by atoms with E-state index in [2.05, 4.69) is 20.6 Å². The number of aromatic amines is 1. The predicted molar refractivity (Wildman–Crippen MR) is 96.6 cm³/mol. The van der Waals surface area contributed by atoms with Crippen LogP contribution < -0.4 is 5.32 Å². The number of aromatic nitrogens is 4. The highest BCUT2D eigenvalue weighted by Crippen LogP contribution is 2.38. The molecule has 2 heterocycles. The van der Waals surface area contributed by atoms with Crippen LogP contribution in [0.5, 0.6) is 0 Å². The Kier molecular flexibility index (Phi) is 4.80. The molecule has 140 valence electrons. The number of nitrogens with zero attached hydrogens (tertiary/aromatic N) is 3. The molecule has 0 bridgehead atoms. The SMILES string of the molecule is Cn1cc([C@H](NC(=O)c2cn[nH]c2C2CCCCC2)C2CC(O)C2)cn1. The molecule has 2 aromatic rings. The maximum Gasteiger partial charge on any atom is 0.255 e. The zero-order valence-corrected chi connectivity index (χ0v) is 15.2. The summed E-state index contributed by atoms with van der Waals surface area (Å²) in [6, 6.07) is -0.131. The summed E-state index contributed by atoms with van der Waals surface area (Å²) < 4.78 is 1.74. The van der Waals surface area contributed by atoms with Crippen LogP contribution in [0.3, 0.4) is 0 Å². The zero-order chi connectivity index (χ0) is 18.1. The van der Waals surface area contributed by atoms with Gasteiger partial charge >= 0.3 is 0 Å². The van der Waals surface area contributed by atoms with Gasteiger partial charge in [0.25, 0.3) is 5.91 Å². The average Bonchev–Trinajstić information content (AvgIpc) is 3.27. The van der Waals surface area contributed by atoms with E-state index in [0.29, 0.717) is 24.3 Å². The van der Waals surface area contributed by atoms with E-state index in [9.17, 15) is 9.90 Å². The normalized spacial score (nSPS) is 24.8. The third kappa shape index (κ3) is 3.40. The van der Waals surface area contributed by atoms with Gasteiger partial charge < -0.3 is 10.4 Å². The molecule has 1 amide bonds. The van der Waals surface area contributed by atoms with Crippen LogP contribution in [0.15, 0.2) is 18.6 Å². The molecular formula is C19H27N5O2. The molecule has 1 atom stereocenters. The van der Waals surface area contributed by atoms with Gasteiger partial charge in [-0.15, -0.1) is 0 Å². The highest BCUT2D eigenvalue weighted by molar-refractivity contribution is 5.95. The molecule has 0 radical (unpaired) electrons. The molecule has 0 aliphatic heterocycles. The summed E-state index contributed by atoms with van der Waals surface area (Å²) in [6.07, 6.45) is 12.5. The number of nitrogens with one attached hydrogen (secondary N) is 2. The van der Waals surface area contributed by atoms with Gasteiger partial charge in [0.1, 0.15) is 0 Å². The predicted octanol–water partition coefficient (Wildman–Crippen LogP) is 2.43. The van der Waals surface area contributed by atoms with Gasteiger partial charge in [-0.2, -0.15) is 10.2 Å². The fourth-order valence-corrected chi connectivity index (χ4v) is 4.37. The van der Waals surface area contributed by atoms with Crippen molar-refractivity contribution in [3.05, 3.63) is 35.4 Å². The lowest BCUT2D eigenvalue weighted by molar-refractivity contribution is 0.0235. The largest absolute Gasteiger partial charge is 0.393 e. The van der Waals surface area contributed by atoms with Crippen LogP contribution >= 0.6 is 0 Å². The second-order valence-corrected chi connectivity index (χ2v) is 7.82. The first-order valence-electron chi connectivity index (χ1n) is 9.62. The van der Waals surface area contributed by atoms with Crippen molar-refractivity contribution >= 4 is 5.91 Å². The highest BCUT2D eigenvalue weighted by atomic mass is 16.3. The van der Waals surface area contributed by atoms with Gasteiger partial charge in [-0.05, 0) is 31.6 Å². The van der Waals surface area contributed by atoms with Crippen molar-refractivity contribution in [3.8, 4) is 0 Å². The topological polar surface area (TPSA) is 95.8 Å². The number of carbonyl (C=O) groups is 1. The monoisotopic (exact) mass is 357 g/mol. The van der Waals surface area contributed by atoms with Crippen molar-refractivity contribution < 1.29 is 9.90 Å². The molecule has 0 aromatic carbocycles. The number of carbonyl (C=O) groups excluding carboxylic acids is 1. The molecule has 2 aromatic heterocycles. The van der Waals surface area contributed by atoms with Crippen LogP contribution in [-0.4, -0.2) is 37.1 Å². The molecule has 2 saturated carbocycles. The van der Waals surface area contributed by atoms with E-state index in [-0.39, 0.29) is 24.0 Å². The van der Waals surface area contributed by atoms with Crippen molar-refractivity contribution in [1.29, 1.82) is 0 Å². The molecule has 0 spiro atoms. The Balaban J connectivity index is 1.52. The van der Waals surface area contributed by atoms with Crippen molar-refractivity contribution in [1.82, 2.24) is 25.3 Å². The van der Waals surface area contributed by atoms with Crippen LogP contribution in [0.1, 0.15) is 78.5 Å². The van der Waals surface area contributed by atoms with Crippen LogP contribution in [0.25, 0.3) is 0 Å². The Morgan fingerprint density at radius 3 is 2.73 bits per heavy atom. The molecule has 4 rings (SSSR count). The van der Waals surface area contributed by atoms with Gasteiger partial charge in [0, 0.05) is 24.7 Å². The van der Waals surface area contributed by atoms with Gasteiger partial charge in [0.2, 0.25) is 0 Å². The minimum absolute atomic E-state index is 0.0884. The fraction of sp³-hybridized carbons (Fsp3) is 0.632. The molecule has 3 N–H and O–H groups in total. The molecule has 0 unspecified atom stereocenters. The van der Waals surface area contributed by atoms with Crippen LogP contribution in [-0.2, 0) is 7.05 Å². The quantitative estimate of drug-likeness (QED) is 0.766. The van der Waals surface area contributed by atoms with E-state index >= 15 is 0 Å². The summed E-state index contributed by atoms with van der Waals surface area (Å²) >= 11 is 0. The number of amides is 1. The van der Waals surface area contributed by atoms with Gasteiger partial charge in [0.05, 0.1) is 35.8 Å². The van der Waals surface area contributed by atoms with Crippen molar-refractivity contribution in [2.75, 3.05) is 0 Å². The van der Waals surface area contributed by atoms with Gasteiger partial charge in [-0.3, -0.25) is 14.6 Å². The lowest BCUT2D eigenvalue weighted by Gasteiger charge is -2.37. The number of rotatable bonds is 5. The first-order chi connectivity index (χ1) is 12.6. The molecule has 7 nitrogen and oxygen atoms in total. The third-order valence-corrected chi connectivity index (χ3v) is 5.92. The Morgan fingerprint density at radius 1 is 1.31 bits per heavy atom. The number of hydrogen-bond acceptors (Lipinski definition) is 4. The minimum atomic E-state index is -0.261. The first-order valence-corrected chi connectivity index (χ1v) is 9.62. The number of aliphatic hydroxyl groups is 1. The molecule has 26 heavy (non-hydrogen) atoms. The molecule has 2 aliphatic carbocycles. The van der Waals surface area contributed by atoms with Crippen LogP contribution in [0.4, 0.5) is 0 Å². The second-order valence-electron chi connectivity index (χ2n) is 7.82. The smallest absolute Gasteiger partial charge is 0.255 e.